The van der Waals surface area contributed by atoms with Crippen molar-refractivity contribution in [2.45, 2.75) is 44.9 Å². The van der Waals surface area contributed by atoms with Gasteiger partial charge in [0.2, 0.25) is 5.91 Å². The zero-order valence-corrected chi connectivity index (χ0v) is 17.5. The van der Waals surface area contributed by atoms with E-state index in [9.17, 15) is 14.4 Å². The van der Waals surface area contributed by atoms with Crippen LogP contribution in [0.4, 0.5) is 5.13 Å². The summed E-state index contributed by atoms with van der Waals surface area (Å²) in [5.41, 5.74) is 2.48. The van der Waals surface area contributed by atoms with Gasteiger partial charge in [0.1, 0.15) is 0 Å². The molecule has 0 fully saturated rings. The second-order valence-corrected chi connectivity index (χ2v) is 8.66. The quantitative estimate of drug-likeness (QED) is 0.691. The molecule has 2 aromatic heterocycles. The molecule has 8 heteroatoms. The Morgan fingerprint density at radius 2 is 2.00 bits per heavy atom. The van der Waals surface area contributed by atoms with Gasteiger partial charge in [-0.15, -0.1) is 0 Å². The third-order valence-electron chi connectivity index (χ3n) is 5.49. The fraction of sp³-hybridized carbons (Fsp3) is 0.409. The van der Waals surface area contributed by atoms with Gasteiger partial charge in [-0.1, -0.05) is 23.0 Å². The highest BCUT2D eigenvalue weighted by atomic mass is 32.1. The minimum atomic E-state index is -0.406. The first-order valence-electron chi connectivity index (χ1n) is 10.3. The molecule has 0 saturated heterocycles. The highest BCUT2D eigenvalue weighted by Gasteiger charge is 2.33. The number of fused-ring (bicyclic) bond motifs is 1. The maximum Gasteiger partial charge on any atom is 0.257 e. The Labute approximate surface area is 179 Å². The van der Waals surface area contributed by atoms with Gasteiger partial charge in [0.05, 0.1) is 16.5 Å². The number of amides is 2. The standard InChI is InChI=1S/C22H24N4O3S/c27-18-13-16(20(28)24-11-6-14-4-2-1-3-5-14)12-17-19(18)30-22(25-17)26-21(29)15-7-9-23-10-8-15/h4,7-10,16H,1-3,5-6,11-13H2,(H,24,28)(H,25,26,29)/t16-/m0/s1. The molecule has 2 N–H and O–H groups in total. The van der Waals surface area contributed by atoms with Gasteiger partial charge in [-0.2, -0.15) is 0 Å². The predicted molar refractivity (Wildman–Crippen MR) is 115 cm³/mol. The third-order valence-corrected chi connectivity index (χ3v) is 6.54. The summed E-state index contributed by atoms with van der Waals surface area (Å²) in [5.74, 6) is -0.896. The molecule has 7 nitrogen and oxygen atoms in total. The number of carbonyl (C=O) groups is 3. The first-order valence-corrected chi connectivity index (χ1v) is 11.1. The second-order valence-electron chi connectivity index (χ2n) is 7.66. The summed E-state index contributed by atoms with van der Waals surface area (Å²) in [6.07, 6.45) is 11.6. The van der Waals surface area contributed by atoms with Crippen molar-refractivity contribution in [3.05, 3.63) is 52.3 Å². The number of aromatic nitrogens is 2. The van der Waals surface area contributed by atoms with Gasteiger partial charge in [0.15, 0.2) is 10.9 Å². The van der Waals surface area contributed by atoms with Crippen LogP contribution in [0.5, 0.6) is 0 Å². The van der Waals surface area contributed by atoms with Crippen LogP contribution in [-0.2, 0) is 11.2 Å². The van der Waals surface area contributed by atoms with Crippen molar-refractivity contribution in [1.82, 2.24) is 15.3 Å². The van der Waals surface area contributed by atoms with E-state index in [4.69, 9.17) is 0 Å². The number of Topliss-reactive ketones (excluding diaryl/α,β-unsaturated/α-hetero) is 1. The summed E-state index contributed by atoms with van der Waals surface area (Å²) >= 11 is 1.17. The number of nitrogens with one attached hydrogen (secondary N) is 2. The zero-order valence-electron chi connectivity index (χ0n) is 16.6. The van der Waals surface area contributed by atoms with E-state index >= 15 is 0 Å². The Balaban J connectivity index is 1.35. The molecule has 0 spiro atoms. The van der Waals surface area contributed by atoms with Gasteiger partial charge in [-0.25, -0.2) is 4.98 Å². The first-order chi connectivity index (χ1) is 14.6. The number of carbonyl (C=O) groups excluding carboxylic acids is 3. The van der Waals surface area contributed by atoms with Gasteiger partial charge < -0.3 is 5.32 Å². The normalized spacial score (nSPS) is 18.3. The largest absolute Gasteiger partial charge is 0.356 e. The van der Waals surface area contributed by atoms with Crippen LogP contribution in [0.25, 0.3) is 0 Å². The van der Waals surface area contributed by atoms with Crippen molar-refractivity contribution in [2.75, 3.05) is 11.9 Å². The highest BCUT2D eigenvalue weighted by Crippen LogP contribution is 2.32. The lowest BCUT2D eigenvalue weighted by Gasteiger charge is -2.20. The Morgan fingerprint density at radius 1 is 1.17 bits per heavy atom. The molecule has 1 atom stereocenters. The fourth-order valence-electron chi connectivity index (χ4n) is 3.86. The number of pyridine rings is 1. The summed E-state index contributed by atoms with van der Waals surface area (Å²) in [4.78, 5) is 46.3. The van der Waals surface area contributed by atoms with Crippen molar-refractivity contribution < 1.29 is 14.4 Å². The molecule has 0 saturated carbocycles. The van der Waals surface area contributed by atoms with Crippen LogP contribution in [0.1, 0.15) is 64.2 Å². The number of nitrogens with zero attached hydrogens (tertiary/aromatic N) is 2. The topological polar surface area (TPSA) is 101 Å². The number of thiazole rings is 1. The van der Waals surface area contributed by atoms with Crippen molar-refractivity contribution in [1.29, 1.82) is 0 Å². The van der Waals surface area contributed by atoms with Gasteiger partial charge in [0, 0.05) is 37.3 Å². The highest BCUT2D eigenvalue weighted by molar-refractivity contribution is 7.17. The lowest BCUT2D eigenvalue weighted by molar-refractivity contribution is -0.125. The van der Waals surface area contributed by atoms with Gasteiger partial charge in [0.25, 0.3) is 5.91 Å². The smallest absolute Gasteiger partial charge is 0.257 e. The number of allylic oxidation sites excluding steroid dienone is 1. The van der Waals surface area contributed by atoms with Gasteiger partial charge in [-0.3, -0.25) is 24.7 Å². The summed E-state index contributed by atoms with van der Waals surface area (Å²) in [5, 5.41) is 6.09. The zero-order chi connectivity index (χ0) is 20.9. The van der Waals surface area contributed by atoms with E-state index in [1.165, 1.54) is 29.8 Å². The molecule has 0 radical (unpaired) electrons. The SMILES string of the molecule is O=C(Nc1nc2c(s1)C(=O)C[C@@H](C(=O)NCCC1=CCCCC1)C2)c1ccncc1. The first kappa shape index (κ1) is 20.4. The lowest BCUT2D eigenvalue weighted by atomic mass is 9.89. The van der Waals surface area contributed by atoms with Crippen molar-refractivity contribution in [2.24, 2.45) is 5.92 Å². The number of anilines is 1. The van der Waals surface area contributed by atoms with Crippen LogP contribution in [0.2, 0.25) is 0 Å². The summed E-state index contributed by atoms with van der Waals surface area (Å²) in [6.45, 7) is 0.604. The predicted octanol–water partition coefficient (Wildman–Crippen LogP) is 3.54. The van der Waals surface area contributed by atoms with Crippen molar-refractivity contribution in [3.63, 3.8) is 0 Å². The minimum Gasteiger partial charge on any atom is -0.356 e. The summed E-state index contributed by atoms with van der Waals surface area (Å²) < 4.78 is 0. The Kier molecular flexibility index (Phi) is 6.32. The van der Waals surface area contributed by atoms with E-state index in [2.05, 4.69) is 26.7 Å². The monoisotopic (exact) mass is 424 g/mol. The van der Waals surface area contributed by atoms with Crippen LogP contribution in [-0.4, -0.2) is 34.1 Å². The van der Waals surface area contributed by atoms with Crippen molar-refractivity contribution >= 4 is 34.1 Å². The third kappa shape index (κ3) is 4.81. The Bertz CT molecular complexity index is 984. The Morgan fingerprint density at radius 3 is 2.77 bits per heavy atom. The van der Waals surface area contributed by atoms with Crippen LogP contribution >= 0.6 is 11.3 Å². The average molecular weight is 425 g/mol. The van der Waals surface area contributed by atoms with E-state index in [0.717, 1.165) is 19.3 Å². The molecule has 4 rings (SSSR count). The number of rotatable bonds is 6. The van der Waals surface area contributed by atoms with Gasteiger partial charge >= 0.3 is 0 Å². The van der Waals surface area contributed by atoms with E-state index in [0.29, 0.717) is 34.2 Å². The number of hydrogen-bond acceptors (Lipinski definition) is 6. The molecule has 2 amide bonds. The van der Waals surface area contributed by atoms with Crippen molar-refractivity contribution in [3.8, 4) is 0 Å². The van der Waals surface area contributed by atoms with E-state index in [-0.39, 0.29) is 24.0 Å². The van der Waals surface area contributed by atoms with E-state index < -0.39 is 5.92 Å². The van der Waals surface area contributed by atoms with Crippen LogP contribution in [0.15, 0.2) is 36.2 Å². The summed E-state index contributed by atoms with van der Waals surface area (Å²) in [6, 6.07) is 3.22. The molecule has 2 aliphatic rings. The molecule has 2 aromatic rings. The molecule has 2 heterocycles. The maximum atomic E-state index is 12.6. The molecule has 2 aliphatic carbocycles. The second kappa shape index (κ2) is 9.30. The van der Waals surface area contributed by atoms with Crippen LogP contribution in [0, 0.1) is 5.92 Å². The molecule has 156 valence electrons. The van der Waals surface area contributed by atoms with E-state index in [1.807, 2.05) is 0 Å². The van der Waals surface area contributed by atoms with Crippen LogP contribution in [0.3, 0.4) is 0 Å². The summed E-state index contributed by atoms with van der Waals surface area (Å²) in [7, 11) is 0. The minimum absolute atomic E-state index is 0.0895. The molecule has 0 unspecified atom stereocenters. The molecule has 0 aromatic carbocycles. The maximum absolute atomic E-state index is 12.6. The van der Waals surface area contributed by atoms with Gasteiger partial charge in [-0.05, 0) is 44.2 Å². The Hall–Kier alpha value is -2.87. The fourth-order valence-corrected chi connectivity index (χ4v) is 4.80. The molecule has 0 bridgehead atoms. The number of hydrogen-bond donors (Lipinski definition) is 2. The molecule has 30 heavy (non-hydrogen) atoms. The average Bonchev–Trinajstić information content (AvgIpc) is 3.18. The number of ketones is 1. The molecular formula is C22H24N4O3S. The van der Waals surface area contributed by atoms with Crippen LogP contribution < -0.4 is 10.6 Å². The molecular weight excluding hydrogens is 400 g/mol. The van der Waals surface area contributed by atoms with E-state index in [1.54, 1.807) is 24.5 Å². The molecule has 0 aliphatic heterocycles. The lowest BCUT2D eigenvalue weighted by Crippen LogP contribution is -2.36.